The third-order valence-corrected chi connectivity index (χ3v) is 4.07. The van der Waals surface area contributed by atoms with E-state index in [0.717, 1.165) is 29.2 Å². The molecule has 1 aromatic rings. The molecule has 18 heavy (non-hydrogen) atoms. The van der Waals surface area contributed by atoms with E-state index in [4.69, 9.17) is 0 Å². The first kappa shape index (κ1) is 13.8. The predicted molar refractivity (Wildman–Crippen MR) is 78.0 cm³/mol. The molecule has 0 bridgehead atoms. The first-order valence-electron chi connectivity index (χ1n) is 6.74. The van der Waals surface area contributed by atoms with Gasteiger partial charge in [-0.3, -0.25) is 9.69 Å². The van der Waals surface area contributed by atoms with Gasteiger partial charge in [0.25, 0.3) is 0 Å². The van der Waals surface area contributed by atoms with Crippen molar-refractivity contribution < 1.29 is 4.79 Å². The molecule has 1 aliphatic rings. The molecule has 0 amide bonds. The third-order valence-electron chi connectivity index (χ3n) is 3.37. The second-order valence-electron chi connectivity index (χ2n) is 4.92. The molecular formula is C15H20BrNO. The lowest BCUT2D eigenvalue weighted by atomic mass is 10.1. The van der Waals surface area contributed by atoms with Crippen LogP contribution in [0.5, 0.6) is 0 Å². The van der Waals surface area contributed by atoms with Crippen LogP contribution in [0.15, 0.2) is 28.7 Å². The Morgan fingerprint density at radius 1 is 1.33 bits per heavy atom. The van der Waals surface area contributed by atoms with Crippen LogP contribution in [0.4, 0.5) is 0 Å². The van der Waals surface area contributed by atoms with Gasteiger partial charge in [0.2, 0.25) is 0 Å². The van der Waals surface area contributed by atoms with E-state index < -0.39 is 0 Å². The quantitative estimate of drug-likeness (QED) is 0.712. The number of carbonyl (C=O) groups is 1. The van der Waals surface area contributed by atoms with E-state index in [-0.39, 0.29) is 5.78 Å². The van der Waals surface area contributed by atoms with E-state index in [1.165, 1.54) is 19.3 Å². The summed E-state index contributed by atoms with van der Waals surface area (Å²) in [5.41, 5.74) is 0.810. The van der Waals surface area contributed by atoms with Crippen molar-refractivity contribution in [2.24, 2.45) is 0 Å². The Morgan fingerprint density at radius 2 is 2.06 bits per heavy atom. The van der Waals surface area contributed by atoms with E-state index >= 15 is 0 Å². The van der Waals surface area contributed by atoms with Crippen LogP contribution < -0.4 is 0 Å². The van der Waals surface area contributed by atoms with E-state index in [2.05, 4.69) is 27.8 Å². The molecule has 2 rings (SSSR count). The van der Waals surface area contributed by atoms with Gasteiger partial charge >= 0.3 is 0 Å². The van der Waals surface area contributed by atoms with Crippen LogP contribution in [0.1, 0.15) is 43.0 Å². The van der Waals surface area contributed by atoms with Gasteiger partial charge in [0.15, 0.2) is 5.78 Å². The van der Waals surface area contributed by atoms with E-state index in [9.17, 15) is 4.79 Å². The van der Waals surface area contributed by atoms with Crippen LogP contribution in [0.2, 0.25) is 0 Å². The molecule has 0 heterocycles. The first-order chi connectivity index (χ1) is 8.72. The zero-order valence-electron chi connectivity index (χ0n) is 10.9. The molecule has 3 heteroatoms. The molecule has 0 radical (unpaired) electrons. The van der Waals surface area contributed by atoms with Crippen molar-refractivity contribution in [3.8, 4) is 0 Å². The molecule has 98 valence electrons. The molecule has 1 fully saturated rings. The van der Waals surface area contributed by atoms with Gasteiger partial charge in [0.1, 0.15) is 0 Å². The summed E-state index contributed by atoms with van der Waals surface area (Å²) in [4.78, 5) is 14.6. The fourth-order valence-electron chi connectivity index (χ4n) is 2.27. The number of hydrogen-bond donors (Lipinski definition) is 0. The van der Waals surface area contributed by atoms with Gasteiger partial charge in [-0.15, -0.1) is 0 Å². The highest BCUT2D eigenvalue weighted by Crippen LogP contribution is 2.27. The highest BCUT2D eigenvalue weighted by molar-refractivity contribution is 9.10. The number of nitrogens with zero attached hydrogens (tertiary/aromatic N) is 1. The molecule has 0 aliphatic heterocycles. The van der Waals surface area contributed by atoms with Crippen molar-refractivity contribution in [3.63, 3.8) is 0 Å². The van der Waals surface area contributed by atoms with Crippen molar-refractivity contribution >= 4 is 21.7 Å². The van der Waals surface area contributed by atoms with Gasteiger partial charge in [-0.2, -0.15) is 0 Å². The standard InChI is InChI=1S/C15H20BrNO/c1-2-10-17(12-7-8-12)11-9-15(18)13-5-3-4-6-14(13)16/h3-6,12H,2,7-11H2,1H3. The molecule has 1 saturated carbocycles. The fourth-order valence-corrected chi connectivity index (χ4v) is 2.78. The average Bonchev–Trinajstić information content (AvgIpc) is 3.19. The minimum atomic E-state index is 0.240. The van der Waals surface area contributed by atoms with Crippen molar-refractivity contribution in [1.29, 1.82) is 0 Å². The van der Waals surface area contributed by atoms with Gasteiger partial charge in [-0.1, -0.05) is 41.1 Å². The molecule has 0 atom stereocenters. The van der Waals surface area contributed by atoms with E-state index in [0.29, 0.717) is 6.42 Å². The van der Waals surface area contributed by atoms with Crippen LogP contribution in [-0.4, -0.2) is 29.8 Å². The predicted octanol–water partition coefficient (Wildman–Crippen LogP) is 3.90. The van der Waals surface area contributed by atoms with Crippen molar-refractivity contribution in [1.82, 2.24) is 4.90 Å². The van der Waals surface area contributed by atoms with Crippen molar-refractivity contribution in [2.45, 2.75) is 38.6 Å². The zero-order valence-corrected chi connectivity index (χ0v) is 12.4. The topological polar surface area (TPSA) is 20.3 Å². The minimum absolute atomic E-state index is 0.240. The van der Waals surface area contributed by atoms with Crippen molar-refractivity contribution in [2.75, 3.05) is 13.1 Å². The normalized spacial score (nSPS) is 15.1. The number of Topliss-reactive ketones (excluding diaryl/α,β-unsaturated/α-hetero) is 1. The second-order valence-corrected chi connectivity index (χ2v) is 5.77. The minimum Gasteiger partial charge on any atom is -0.300 e. The molecule has 1 aromatic carbocycles. The number of carbonyl (C=O) groups excluding carboxylic acids is 1. The Hall–Kier alpha value is -0.670. The molecule has 1 aliphatic carbocycles. The fraction of sp³-hybridized carbons (Fsp3) is 0.533. The molecule has 0 saturated heterocycles. The van der Waals surface area contributed by atoms with Gasteiger partial charge in [-0.25, -0.2) is 0 Å². The lowest BCUT2D eigenvalue weighted by Crippen LogP contribution is -2.29. The lowest BCUT2D eigenvalue weighted by molar-refractivity contribution is 0.0961. The zero-order chi connectivity index (χ0) is 13.0. The maximum Gasteiger partial charge on any atom is 0.165 e. The summed E-state index contributed by atoms with van der Waals surface area (Å²) in [6.45, 7) is 4.22. The van der Waals surface area contributed by atoms with Crippen LogP contribution in [0.3, 0.4) is 0 Å². The molecule has 0 aromatic heterocycles. The number of halogens is 1. The van der Waals surface area contributed by atoms with Crippen molar-refractivity contribution in [3.05, 3.63) is 34.3 Å². The summed E-state index contributed by atoms with van der Waals surface area (Å²) < 4.78 is 0.906. The molecule has 2 nitrogen and oxygen atoms in total. The van der Waals surface area contributed by atoms with E-state index in [1.54, 1.807) is 0 Å². The summed E-state index contributed by atoms with van der Waals surface area (Å²) in [5.74, 6) is 0.240. The van der Waals surface area contributed by atoms with E-state index in [1.807, 2.05) is 24.3 Å². The summed E-state index contributed by atoms with van der Waals surface area (Å²) in [7, 11) is 0. The largest absolute Gasteiger partial charge is 0.300 e. The smallest absolute Gasteiger partial charge is 0.165 e. The van der Waals surface area contributed by atoms with Gasteiger partial charge in [0, 0.05) is 29.0 Å². The van der Waals surface area contributed by atoms with Crippen LogP contribution >= 0.6 is 15.9 Å². The Labute approximate surface area is 117 Å². The Morgan fingerprint density at radius 3 is 2.67 bits per heavy atom. The van der Waals surface area contributed by atoms with Gasteiger partial charge < -0.3 is 0 Å². The Bertz CT molecular complexity index is 415. The second kappa shape index (κ2) is 6.48. The van der Waals surface area contributed by atoms with Gasteiger partial charge in [0.05, 0.1) is 0 Å². The number of ketones is 1. The average molecular weight is 310 g/mol. The van der Waals surface area contributed by atoms with Crippen LogP contribution in [0.25, 0.3) is 0 Å². The third kappa shape index (κ3) is 3.66. The monoisotopic (exact) mass is 309 g/mol. The molecular weight excluding hydrogens is 290 g/mol. The number of benzene rings is 1. The van der Waals surface area contributed by atoms with Crippen LogP contribution in [0, 0.1) is 0 Å². The SMILES string of the molecule is CCCN(CCC(=O)c1ccccc1Br)C1CC1. The molecule has 0 spiro atoms. The summed E-state index contributed by atoms with van der Waals surface area (Å²) in [6.07, 6.45) is 4.41. The molecule has 0 N–H and O–H groups in total. The summed E-state index contributed by atoms with van der Waals surface area (Å²) in [6, 6.07) is 8.43. The highest BCUT2D eigenvalue weighted by atomic mass is 79.9. The summed E-state index contributed by atoms with van der Waals surface area (Å²) >= 11 is 3.44. The van der Waals surface area contributed by atoms with Gasteiger partial charge in [-0.05, 0) is 31.9 Å². The first-order valence-corrected chi connectivity index (χ1v) is 7.53. The Kier molecular flexibility index (Phi) is 4.95. The van der Waals surface area contributed by atoms with Crippen LogP contribution in [-0.2, 0) is 0 Å². The maximum absolute atomic E-state index is 12.2. The number of rotatable bonds is 7. The highest BCUT2D eigenvalue weighted by Gasteiger charge is 2.28. The summed E-state index contributed by atoms with van der Waals surface area (Å²) in [5, 5.41) is 0. The molecule has 0 unspecified atom stereocenters. The lowest BCUT2D eigenvalue weighted by Gasteiger charge is -2.20. The maximum atomic E-state index is 12.2. The number of hydrogen-bond acceptors (Lipinski definition) is 2. The Balaban J connectivity index is 1.89.